The van der Waals surface area contributed by atoms with E-state index >= 15 is 0 Å². The van der Waals surface area contributed by atoms with Gasteiger partial charge in [-0.15, -0.1) is 0 Å². The van der Waals surface area contributed by atoms with Gasteiger partial charge in [0.2, 0.25) is 0 Å². The molecule has 3 rings (SSSR count). The van der Waals surface area contributed by atoms with Crippen molar-refractivity contribution in [2.45, 2.75) is 13.5 Å². The summed E-state index contributed by atoms with van der Waals surface area (Å²) in [5, 5.41) is 18.7. The molecule has 3 aromatic rings. The van der Waals surface area contributed by atoms with Gasteiger partial charge in [-0.2, -0.15) is 5.10 Å². The normalized spacial score (nSPS) is 10.6. The number of carboxylic acid groups (broad SMARTS) is 1. The van der Waals surface area contributed by atoms with E-state index < -0.39 is 17.8 Å². The highest BCUT2D eigenvalue weighted by Crippen LogP contribution is 2.23. The summed E-state index contributed by atoms with van der Waals surface area (Å²) in [4.78, 5) is 35.1. The minimum atomic E-state index is -1.10. The van der Waals surface area contributed by atoms with E-state index in [0.717, 1.165) is 11.3 Å². The zero-order valence-electron chi connectivity index (χ0n) is 16.6. The smallest absolute Gasteiger partial charge is 0.335 e. The van der Waals surface area contributed by atoms with Crippen molar-refractivity contribution < 1.29 is 23.9 Å². The third-order valence-corrected chi connectivity index (χ3v) is 4.29. The topological polar surface area (TPSA) is 133 Å². The van der Waals surface area contributed by atoms with E-state index in [1.807, 2.05) is 31.2 Å². The van der Waals surface area contributed by atoms with Gasteiger partial charge in [-0.25, -0.2) is 10.2 Å². The van der Waals surface area contributed by atoms with E-state index in [1.165, 1.54) is 24.6 Å². The summed E-state index contributed by atoms with van der Waals surface area (Å²) in [6.45, 7) is 2.00. The van der Waals surface area contributed by atoms with Crippen molar-refractivity contribution in [1.29, 1.82) is 0 Å². The molecular formula is C22H20N4O5. The highest BCUT2D eigenvalue weighted by atomic mass is 16.4. The molecule has 0 bridgehead atoms. The Labute approximate surface area is 177 Å². The summed E-state index contributed by atoms with van der Waals surface area (Å²) in [6, 6.07) is 15.4. The van der Waals surface area contributed by atoms with E-state index in [1.54, 1.807) is 18.2 Å². The van der Waals surface area contributed by atoms with E-state index in [-0.39, 0.29) is 12.1 Å². The Morgan fingerprint density at radius 2 is 1.84 bits per heavy atom. The number of aromatic carboxylic acids is 1. The number of carbonyl (C=O) groups is 3. The lowest BCUT2D eigenvalue weighted by atomic mass is 10.1. The third-order valence-electron chi connectivity index (χ3n) is 4.29. The molecule has 0 aliphatic carbocycles. The summed E-state index contributed by atoms with van der Waals surface area (Å²) in [7, 11) is 0. The zero-order chi connectivity index (χ0) is 22.2. The van der Waals surface area contributed by atoms with Gasteiger partial charge in [0.05, 0.1) is 24.6 Å². The fourth-order valence-corrected chi connectivity index (χ4v) is 2.65. The van der Waals surface area contributed by atoms with Crippen molar-refractivity contribution in [2.75, 3.05) is 5.32 Å². The van der Waals surface area contributed by atoms with Gasteiger partial charge in [0, 0.05) is 16.9 Å². The van der Waals surface area contributed by atoms with Gasteiger partial charge in [-0.3, -0.25) is 9.59 Å². The SMILES string of the molecule is Cc1ccccc1Nc1ccc(C(=O)O)cc1/C=N\NC(=O)C(=O)NCc1ccco1. The molecule has 1 aromatic heterocycles. The Balaban J connectivity index is 1.70. The van der Waals surface area contributed by atoms with Crippen LogP contribution in [0.1, 0.15) is 27.2 Å². The maximum absolute atomic E-state index is 11.9. The van der Waals surface area contributed by atoms with Crippen molar-refractivity contribution in [2.24, 2.45) is 5.10 Å². The van der Waals surface area contributed by atoms with Crippen LogP contribution in [0.2, 0.25) is 0 Å². The molecule has 0 saturated heterocycles. The van der Waals surface area contributed by atoms with Crippen molar-refractivity contribution in [3.05, 3.63) is 83.3 Å². The molecule has 1 heterocycles. The van der Waals surface area contributed by atoms with Crippen LogP contribution in [0.4, 0.5) is 11.4 Å². The molecule has 9 nitrogen and oxygen atoms in total. The molecule has 0 spiro atoms. The molecule has 2 amide bonds. The molecule has 0 fully saturated rings. The van der Waals surface area contributed by atoms with Gasteiger partial charge < -0.3 is 20.2 Å². The average Bonchev–Trinajstić information content (AvgIpc) is 3.28. The number of para-hydroxylation sites is 1. The number of amides is 2. The molecule has 4 N–H and O–H groups in total. The van der Waals surface area contributed by atoms with Crippen LogP contribution in [0, 0.1) is 6.92 Å². The van der Waals surface area contributed by atoms with E-state index in [0.29, 0.717) is 17.0 Å². The van der Waals surface area contributed by atoms with Crippen LogP contribution in [-0.2, 0) is 16.1 Å². The largest absolute Gasteiger partial charge is 0.478 e. The highest BCUT2D eigenvalue weighted by Gasteiger charge is 2.13. The van der Waals surface area contributed by atoms with E-state index in [2.05, 4.69) is 21.2 Å². The maximum Gasteiger partial charge on any atom is 0.335 e. The van der Waals surface area contributed by atoms with Gasteiger partial charge in [-0.05, 0) is 48.9 Å². The number of nitrogens with one attached hydrogen (secondary N) is 3. The average molecular weight is 420 g/mol. The number of benzene rings is 2. The highest BCUT2D eigenvalue weighted by molar-refractivity contribution is 6.35. The second-order valence-electron chi connectivity index (χ2n) is 6.51. The molecule has 31 heavy (non-hydrogen) atoms. The number of carboxylic acids is 1. The van der Waals surface area contributed by atoms with Crippen LogP contribution in [0.15, 0.2) is 70.4 Å². The van der Waals surface area contributed by atoms with Crippen LogP contribution < -0.4 is 16.1 Å². The first kappa shape index (κ1) is 21.3. The fraction of sp³-hybridized carbons (Fsp3) is 0.0909. The molecule has 0 aliphatic rings. The molecule has 0 aliphatic heterocycles. The number of anilines is 2. The van der Waals surface area contributed by atoms with Crippen LogP contribution in [0.25, 0.3) is 0 Å². The maximum atomic E-state index is 11.9. The number of hydrogen-bond donors (Lipinski definition) is 4. The zero-order valence-corrected chi connectivity index (χ0v) is 16.6. The summed E-state index contributed by atoms with van der Waals surface area (Å²) in [5.41, 5.74) is 5.01. The number of hydrogen-bond acceptors (Lipinski definition) is 6. The van der Waals surface area contributed by atoms with Crippen molar-refractivity contribution in [3.8, 4) is 0 Å². The van der Waals surface area contributed by atoms with Crippen LogP contribution >= 0.6 is 0 Å². The number of furan rings is 1. The fourth-order valence-electron chi connectivity index (χ4n) is 2.65. The number of nitrogens with zero attached hydrogens (tertiary/aromatic N) is 1. The van der Waals surface area contributed by atoms with Gasteiger partial charge in [0.15, 0.2) is 0 Å². The van der Waals surface area contributed by atoms with Crippen LogP contribution in [-0.4, -0.2) is 29.1 Å². The molecule has 0 saturated carbocycles. The Hall–Kier alpha value is -4.40. The lowest BCUT2D eigenvalue weighted by Gasteiger charge is -2.12. The first-order valence-corrected chi connectivity index (χ1v) is 9.27. The molecule has 0 radical (unpaired) electrons. The molecule has 9 heteroatoms. The van der Waals surface area contributed by atoms with E-state index in [4.69, 9.17) is 4.42 Å². The van der Waals surface area contributed by atoms with Gasteiger partial charge in [0.25, 0.3) is 0 Å². The van der Waals surface area contributed by atoms with Crippen molar-refractivity contribution in [3.63, 3.8) is 0 Å². The van der Waals surface area contributed by atoms with Crippen LogP contribution in [0.3, 0.4) is 0 Å². The van der Waals surface area contributed by atoms with Gasteiger partial charge in [-0.1, -0.05) is 18.2 Å². The Bertz CT molecular complexity index is 1120. The number of carbonyl (C=O) groups excluding carboxylic acids is 2. The van der Waals surface area contributed by atoms with Gasteiger partial charge >= 0.3 is 17.8 Å². The lowest BCUT2D eigenvalue weighted by molar-refractivity contribution is -0.139. The standard InChI is InChI=1S/C22H20N4O5/c1-14-5-2-3-7-18(14)25-19-9-8-15(22(29)30)11-16(19)12-24-26-21(28)20(27)23-13-17-6-4-10-31-17/h2-12,25H,13H2,1H3,(H,23,27)(H,26,28)(H,29,30)/b24-12-. The molecule has 0 unspecified atom stereocenters. The van der Waals surface area contributed by atoms with Crippen LogP contribution in [0.5, 0.6) is 0 Å². The molecule has 158 valence electrons. The minimum absolute atomic E-state index is 0.0549. The number of hydrazone groups is 1. The predicted molar refractivity (Wildman–Crippen MR) is 114 cm³/mol. The molecule has 0 atom stereocenters. The Morgan fingerprint density at radius 1 is 1.03 bits per heavy atom. The summed E-state index contributed by atoms with van der Waals surface area (Å²) in [5.74, 6) is -2.45. The Kier molecular flexibility index (Phi) is 6.79. The minimum Gasteiger partial charge on any atom is -0.478 e. The second-order valence-corrected chi connectivity index (χ2v) is 6.51. The molecular weight excluding hydrogens is 400 g/mol. The third kappa shape index (κ3) is 5.80. The second kappa shape index (κ2) is 9.88. The summed E-state index contributed by atoms with van der Waals surface area (Å²) >= 11 is 0. The van der Waals surface area contributed by atoms with E-state index in [9.17, 15) is 19.5 Å². The number of aryl methyl sites for hydroxylation is 1. The first-order valence-electron chi connectivity index (χ1n) is 9.27. The summed E-state index contributed by atoms with van der Waals surface area (Å²) in [6.07, 6.45) is 2.73. The number of rotatable bonds is 7. The van der Waals surface area contributed by atoms with Gasteiger partial charge in [0.1, 0.15) is 5.76 Å². The predicted octanol–water partition coefficient (Wildman–Crippen LogP) is 2.80. The molecule has 2 aromatic carbocycles. The monoisotopic (exact) mass is 420 g/mol. The summed E-state index contributed by atoms with van der Waals surface area (Å²) < 4.78 is 5.07. The van der Waals surface area contributed by atoms with Crippen molar-refractivity contribution >= 4 is 35.4 Å². The Morgan fingerprint density at radius 3 is 2.55 bits per heavy atom. The quantitative estimate of drug-likeness (QED) is 0.264. The van der Waals surface area contributed by atoms with Crippen molar-refractivity contribution in [1.82, 2.24) is 10.7 Å². The lowest BCUT2D eigenvalue weighted by Crippen LogP contribution is -2.37. The first-order chi connectivity index (χ1) is 14.9.